The molecule has 0 spiro atoms. The van der Waals surface area contributed by atoms with E-state index >= 15 is 0 Å². The highest BCUT2D eigenvalue weighted by Crippen LogP contribution is 2.12. The summed E-state index contributed by atoms with van der Waals surface area (Å²) in [6, 6.07) is 10.9. The van der Waals surface area contributed by atoms with Crippen LogP contribution in [0.4, 0.5) is 0 Å². The maximum absolute atomic E-state index is 11.9. The lowest BCUT2D eigenvalue weighted by Gasteiger charge is -2.06. The Bertz CT molecular complexity index is 587. The van der Waals surface area contributed by atoms with Crippen molar-refractivity contribution in [2.24, 2.45) is 0 Å². The van der Waals surface area contributed by atoms with E-state index in [1.54, 1.807) is 31.5 Å². The summed E-state index contributed by atoms with van der Waals surface area (Å²) >= 11 is 3.34. The molecule has 4 nitrogen and oxygen atoms in total. The van der Waals surface area contributed by atoms with Gasteiger partial charge in [-0.2, -0.15) is 0 Å². The first-order chi connectivity index (χ1) is 9.19. The predicted molar refractivity (Wildman–Crippen MR) is 76.1 cm³/mol. The molecule has 1 heterocycles. The van der Waals surface area contributed by atoms with Gasteiger partial charge in [-0.25, -0.2) is 4.98 Å². The van der Waals surface area contributed by atoms with Crippen LogP contribution >= 0.6 is 15.9 Å². The Morgan fingerprint density at radius 1 is 1.37 bits per heavy atom. The van der Waals surface area contributed by atoms with Crippen LogP contribution in [0.5, 0.6) is 5.88 Å². The molecule has 0 radical (unpaired) electrons. The highest BCUT2D eigenvalue weighted by molar-refractivity contribution is 9.10. The molecule has 5 heteroatoms. The fraction of sp³-hybridized carbons (Fsp3) is 0.143. The standard InChI is InChI=1S/C14H13BrN2O2/c1-19-13-7-10(5-6-16-13)9-17-14(18)11-3-2-4-12(15)8-11/h2-8H,9H2,1H3,(H,17,18). The highest BCUT2D eigenvalue weighted by Gasteiger charge is 2.05. The molecule has 98 valence electrons. The third kappa shape index (κ3) is 3.79. The smallest absolute Gasteiger partial charge is 0.251 e. The number of carbonyl (C=O) groups is 1. The number of hydrogen-bond acceptors (Lipinski definition) is 3. The summed E-state index contributed by atoms with van der Waals surface area (Å²) < 4.78 is 5.91. The van der Waals surface area contributed by atoms with Gasteiger partial charge in [0.1, 0.15) is 0 Å². The average molecular weight is 321 g/mol. The third-order valence-corrected chi connectivity index (χ3v) is 3.04. The van der Waals surface area contributed by atoms with Crippen molar-refractivity contribution in [3.05, 3.63) is 58.2 Å². The molecule has 0 aliphatic heterocycles. The van der Waals surface area contributed by atoms with Crippen LogP contribution in [0, 0.1) is 0 Å². The molecule has 0 unspecified atom stereocenters. The first-order valence-electron chi connectivity index (χ1n) is 5.72. The van der Waals surface area contributed by atoms with Gasteiger partial charge in [-0.1, -0.05) is 22.0 Å². The van der Waals surface area contributed by atoms with Gasteiger partial charge in [0.15, 0.2) is 0 Å². The van der Waals surface area contributed by atoms with Gasteiger partial charge in [0.2, 0.25) is 5.88 Å². The van der Waals surface area contributed by atoms with E-state index in [-0.39, 0.29) is 5.91 Å². The molecule has 1 aromatic carbocycles. The second-order valence-electron chi connectivity index (χ2n) is 3.90. The number of carbonyl (C=O) groups excluding carboxylic acids is 1. The van der Waals surface area contributed by atoms with Gasteiger partial charge < -0.3 is 10.1 Å². The van der Waals surface area contributed by atoms with E-state index in [0.29, 0.717) is 18.0 Å². The van der Waals surface area contributed by atoms with Crippen LogP contribution in [0.1, 0.15) is 15.9 Å². The summed E-state index contributed by atoms with van der Waals surface area (Å²) in [6.07, 6.45) is 1.65. The van der Waals surface area contributed by atoms with E-state index in [1.807, 2.05) is 18.2 Å². The van der Waals surface area contributed by atoms with E-state index < -0.39 is 0 Å². The fourth-order valence-electron chi connectivity index (χ4n) is 1.59. The minimum Gasteiger partial charge on any atom is -0.481 e. The van der Waals surface area contributed by atoms with E-state index in [2.05, 4.69) is 26.2 Å². The number of nitrogens with one attached hydrogen (secondary N) is 1. The third-order valence-electron chi connectivity index (χ3n) is 2.55. The summed E-state index contributed by atoms with van der Waals surface area (Å²) in [6.45, 7) is 0.435. The largest absolute Gasteiger partial charge is 0.481 e. The van der Waals surface area contributed by atoms with Gasteiger partial charge in [0, 0.05) is 28.8 Å². The number of methoxy groups -OCH3 is 1. The minimum absolute atomic E-state index is 0.114. The molecule has 0 aliphatic carbocycles. The van der Waals surface area contributed by atoms with Crippen LogP contribution in [-0.2, 0) is 6.54 Å². The summed E-state index contributed by atoms with van der Waals surface area (Å²) in [5.41, 5.74) is 1.56. The van der Waals surface area contributed by atoms with Gasteiger partial charge in [0.05, 0.1) is 7.11 Å². The molecule has 1 amide bonds. The van der Waals surface area contributed by atoms with Gasteiger partial charge in [-0.05, 0) is 29.8 Å². The molecule has 2 aromatic rings. The number of halogens is 1. The number of rotatable bonds is 4. The molecule has 0 atom stereocenters. The van der Waals surface area contributed by atoms with Crippen molar-refractivity contribution in [1.29, 1.82) is 0 Å². The lowest BCUT2D eigenvalue weighted by atomic mass is 10.2. The zero-order valence-corrected chi connectivity index (χ0v) is 12.0. The van der Waals surface area contributed by atoms with Crippen molar-refractivity contribution in [3.8, 4) is 5.88 Å². The summed E-state index contributed by atoms with van der Waals surface area (Å²) in [5, 5.41) is 2.85. The number of aromatic nitrogens is 1. The van der Waals surface area contributed by atoms with Crippen LogP contribution in [-0.4, -0.2) is 18.0 Å². The Balaban J connectivity index is 2.00. The first kappa shape index (κ1) is 13.5. The fourth-order valence-corrected chi connectivity index (χ4v) is 1.99. The van der Waals surface area contributed by atoms with Gasteiger partial charge >= 0.3 is 0 Å². The van der Waals surface area contributed by atoms with E-state index in [0.717, 1.165) is 10.0 Å². The molecule has 19 heavy (non-hydrogen) atoms. The van der Waals surface area contributed by atoms with Crippen LogP contribution in [0.3, 0.4) is 0 Å². The second-order valence-corrected chi connectivity index (χ2v) is 4.82. The van der Waals surface area contributed by atoms with E-state index in [4.69, 9.17) is 4.74 Å². The Labute approximate surface area is 119 Å². The molecule has 0 fully saturated rings. The number of benzene rings is 1. The minimum atomic E-state index is -0.114. The molecule has 0 saturated heterocycles. The zero-order valence-electron chi connectivity index (χ0n) is 10.4. The lowest BCUT2D eigenvalue weighted by Crippen LogP contribution is -2.22. The highest BCUT2D eigenvalue weighted by atomic mass is 79.9. The van der Waals surface area contributed by atoms with Crippen molar-refractivity contribution in [1.82, 2.24) is 10.3 Å². The first-order valence-corrected chi connectivity index (χ1v) is 6.51. The van der Waals surface area contributed by atoms with Crippen LogP contribution < -0.4 is 10.1 Å². The summed E-state index contributed by atoms with van der Waals surface area (Å²) in [5.74, 6) is 0.422. The number of nitrogens with zero attached hydrogens (tertiary/aromatic N) is 1. The quantitative estimate of drug-likeness (QED) is 0.942. The van der Waals surface area contributed by atoms with Gasteiger partial charge in [0.25, 0.3) is 5.91 Å². The van der Waals surface area contributed by atoms with E-state index in [1.165, 1.54) is 0 Å². The van der Waals surface area contributed by atoms with Crippen molar-refractivity contribution < 1.29 is 9.53 Å². The monoisotopic (exact) mass is 320 g/mol. The van der Waals surface area contributed by atoms with Crippen molar-refractivity contribution in [2.45, 2.75) is 6.54 Å². The van der Waals surface area contributed by atoms with Gasteiger partial charge in [-0.3, -0.25) is 4.79 Å². The Hall–Kier alpha value is -1.88. The molecule has 0 bridgehead atoms. The molecule has 0 saturated carbocycles. The number of amides is 1. The topological polar surface area (TPSA) is 51.2 Å². The Kier molecular flexibility index (Phi) is 4.52. The average Bonchev–Trinajstić information content (AvgIpc) is 2.45. The molecular formula is C14H13BrN2O2. The Morgan fingerprint density at radius 2 is 2.21 bits per heavy atom. The van der Waals surface area contributed by atoms with Crippen molar-refractivity contribution in [3.63, 3.8) is 0 Å². The molecule has 2 rings (SSSR count). The molecular weight excluding hydrogens is 308 g/mol. The number of pyridine rings is 1. The second kappa shape index (κ2) is 6.33. The van der Waals surface area contributed by atoms with Crippen LogP contribution in [0.2, 0.25) is 0 Å². The zero-order chi connectivity index (χ0) is 13.7. The van der Waals surface area contributed by atoms with Crippen molar-refractivity contribution in [2.75, 3.05) is 7.11 Å². The maximum Gasteiger partial charge on any atom is 0.251 e. The maximum atomic E-state index is 11.9. The molecule has 1 aromatic heterocycles. The Morgan fingerprint density at radius 3 is 2.95 bits per heavy atom. The van der Waals surface area contributed by atoms with Crippen LogP contribution in [0.15, 0.2) is 47.1 Å². The SMILES string of the molecule is COc1cc(CNC(=O)c2cccc(Br)c2)ccn1. The number of ether oxygens (including phenoxy) is 1. The molecule has 0 aliphatic rings. The summed E-state index contributed by atoms with van der Waals surface area (Å²) in [7, 11) is 1.56. The predicted octanol–water partition coefficient (Wildman–Crippen LogP) is 2.78. The van der Waals surface area contributed by atoms with E-state index in [9.17, 15) is 4.79 Å². The number of hydrogen-bond donors (Lipinski definition) is 1. The van der Waals surface area contributed by atoms with Crippen LogP contribution in [0.25, 0.3) is 0 Å². The van der Waals surface area contributed by atoms with Crippen molar-refractivity contribution >= 4 is 21.8 Å². The lowest BCUT2D eigenvalue weighted by molar-refractivity contribution is 0.0951. The molecule has 1 N–H and O–H groups in total. The van der Waals surface area contributed by atoms with Gasteiger partial charge in [-0.15, -0.1) is 0 Å². The summed E-state index contributed by atoms with van der Waals surface area (Å²) in [4.78, 5) is 16.0. The normalized spacial score (nSPS) is 10.0.